The minimum atomic E-state index is 0.970. The molecule has 10 heavy (non-hydrogen) atoms. The van der Waals surface area contributed by atoms with Crippen molar-refractivity contribution in [2.75, 3.05) is 5.75 Å². The van der Waals surface area contributed by atoms with Gasteiger partial charge in [-0.25, -0.2) is 4.98 Å². The Morgan fingerprint density at radius 1 is 1.70 bits per heavy atom. The largest absolute Gasteiger partial charge is 0.250 e. The van der Waals surface area contributed by atoms with Crippen LogP contribution in [0.15, 0.2) is 5.51 Å². The van der Waals surface area contributed by atoms with E-state index < -0.39 is 0 Å². The average Bonchev–Trinajstić information content (AvgIpc) is 2.31. The van der Waals surface area contributed by atoms with Crippen molar-refractivity contribution in [3.63, 3.8) is 0 Å². The zero-order valence-corrected chi connectivity index (χ0v) is 7.71. The Kier molecular flexibility index (Phi) is 3.22. The maximum atomic E-state index is 4.16. The van der Waals surface area contributed by atoms with Crippen molar-refractivity contribution in [1.29, 1.82) is 0 Å². The van der Waals surface area contributed by atoms with E-state index in [4.69, 9.17) is 0 Å². The first-order valence-corrected chi connectivity index (χ1v) is 4.85. The Bertz CT molecular complexity index is 195. The third kappa shape index (κ3) is 1.99. The van der Waals surface area contributed by atoms with Crippen molar-refractivity contribution in [3.05, 3.63) is 16.1 Å². The number of thiol groups is 1. The van der Waals surface area contributed by atoms with E-state index >= 15 is 0 Å². The first-order chi connectivity index (χ1) is 4.84. The lowest BCUT2D eigenvalue weighted by molar-refractivity contribution is 0.939. The molecule has 0 bridgehead atoms. The summed E-state index contributed by atoms with van der Waals surface area (Å²) >= 11 is 5.89. The first kappa shape index (κ1) is 8.08. The molecule has 0 atom stereocenters. The molecule has 1 rings (SSSR count). The van der Waals surface area contributed by atoms with E-state index in [1.54, 1.807) is 11.3 Å². The summed E-state index contributed by atoms with van der Waals surface area (Å²) in [6.07, 6.45) is 2.30. The number of hydrogen-bond donors (Lipinski definition) is 1. The number of aromatic nitrogens is 1. The van der Waals surface area contributed by atoms with E-state index in [0.717, 1.165) is 18.6 Å². The lowest BCUT2D eigenvalue weighted by Gasteiger charge is -1.93. The standard InChI is InChI=1S/C7H11NS2/c1-6-7(3-2-4-9)10-5-8-6/h5,9H,2-4H2,1H3. The number of nitrogens with zero attached hydrogens (tertiary/aromatic N) is 1. The fourth-order valence-corrected chi connectivity index (χ4v) is 1.79. The first-order valence-electron chi connectivity index (χ1n) is 3.34. The lowest BCUT2D eigenvalue weighted by Crippen LogP contribution is -1.84. The predicted octanol–water partition coefficient (Wildman–Crippen LogP) is 2.31. The normalized spacial score (nSPS) is 10.2. The molecule has 0 spiro atoms. The van der Waals surface area contributed by atoms with Crippen LogP contribution in [-0.2, 0) is 6.42 Å². The van der Waals surface area contributed by atoms with Crippen molar-refractivity contribution >= 4 is 24.0 Å². The maximum absolute atomic E-state index is 4.16. The van der Waals surface area contributed by atoms with Crippen LogP contribution in [0.5, 0.6) is 0 Å². The second-order valence-corrected chi connectivity index (χ2v) is 3.57. The smallest absolute Gasteiger partial charge is 0.0797 e. The summed E-state index contributed by atoms with van der Waals surface area (Å²) in [7, 11) is 0. The molecule has 0 N–H and O–H groups in total. The Morgan fingerprint density at radius 2 is 2.50 bits per heavy atom. The van der Waals surface area contributed by atoms with E-state index in [9.17, 15) is 0 Å². The summed E-state index contributed by atoms with van der Waals surface area (Å²) in [6.45, 7) is 2.06. The zero-order valence-electron chi connectivity index (χ0n) is 6.00. The summed E-state index contributed by atoms with van der Waals surface area (Å²) < 4.78 is 0. The van der Waals surface area contributed by atoms with Crippen molar-refractivity contribution in [2.24, 2.45) is 0 Å². The molecule has 1 aromatic heterocycles. The molecule has 56 valence electrons. The summed E-state index contributed by atoms with van der Waals surface area (Å²) in [5, 5.41) is 0. The van der Waals surface area contributed by atoms with Crippen LogP contribution < -0.4 is 0 Å². The van der Waals surface area contributed by atoms with Crippen molar-refractivity contribution in [1.82, 2.24) is 4.98 Å². The number of aryl methyl sites for hydroxylation is 2. The van der Waals surface area contributed by atoms with Gasteiger partial charge >= 0.3 is 0 Å². The third-order valence-electron chi connectivity index (χ3n) is 1.41. The van der Waals surface area contributed by atoms with Gasteiger partial charge in [-0.05, 0) is 25.5 Å². The molecule has 1 aromatic rings. The predicted molar refractivity (Wildman–Crippen MR) is 49.0 cm³/mol. The summed E-state index contributed by atoms with van der Waals surface area (Å²) in [5.74, 6) is 0.970. The fraction of sp³-hybridized carbons (Fsp3) is 0.571. The van der Waals surface area contributed by atoms with Gasteiger partial charge in [0.15, 0.2) is 0 Å². The minimum Gasteiger partial charge on any atom is -0.250 e. The molecule has 0 amide bonds. The highest BCUT2D eigenvalue weighted by Gasteiger charge is 1.98. The van der Waals surface area contributed by atoms with Crippen LogP contribution in [0, 0.1) is 6.92 Å². The van der Waals surface area contributed by atoms with Crippen molar-refractivity contribution in [2.45, 2.75) is 19.8 Å². The van der Waals surface area contributed by atoms with E-state index in [1.165, 1.54) is 10.6 Å². The monoisotopic (exact) mass is 173 g/mol. The molecule has 0 aromatic carbocycles. The summed E-state index contributed by atoms with van der Waals surface area (Å²) in [5.41, 5.74) is 3.09. The molecule has 0 aliphatic rings. The van der Waals surface area contributed by atoms with Crippen LogP contribution in [0.3, 0.4) is 0 Å². The van der Waals surface area contributed by atoms with E-state index in [1.807, 2.05) is 5.51 Å². The van der Waals surface area contributed by atoms with Gasteiger partial charge in [0.25, 0.3) is 0 Å². The number of hydrogen-bond acceptors (Lipinski definition) is 3. The van der Waals surface area contributed by atoms with E-state index in [2.05, 4.69) is 24.5 Å². The molecule has 0 radical (unpaired) electrons. The average molecular weight is 173 g/mol. The van der Waals surface area contributed by atoms with Crippen LogP contribution in [0.25, 0.3) is 0 Å². The summed E-state index contributed by atoms with van der Waals surface area (Å²) in [6, 6.07) is 0. The van der Waals surface area contributed by atoms with Gasteiger partial charge in [-0.2, -0.15) is 12.6 Å². The Morgan fingerprint density at radius 3 is 3.00 bits per heavy atom. The Balaban J connectivity index is 2.49. The quantitative estimate of drug-likeness (QED) is 0.692. The van der Waals surface area contributed by atoms with Crippen molar-refractivity contribution < 1.29 is 0 Å². The second-order valence-electron chi connectivity index (χ2n) is 2.19. The molecule has 0 saturated carbocycles. The van der Waals surface area contributed by atoms with Gasteiger partial charge in [0.2, 0.25) is 0 Å². The molecule has 0 unspecified atom stereocenters. The molecular weight excluding hydrogens is 162 g/mol. The second kappa shape index (κ2) is 3.98. The van der Waals surface area contributed by atoms with Gasteiger partial charge < -0.3 is 0 Å². The fourth-order valence-electron chi connectivity index (χ4n) is 0.806. The topological polar surface area (TPSA) is 12.9 Å². The van der Waals surface area contributed by atoms with E-state index in [0.29, 0.717) is 0 Å². The lowest BCUT2D eigenvalue weighted by atomic mass is 10.2. The van der Waals surface area contributed by atoms with Gasteiger partial charge in [0.05, 0.1) is 11.2 Å². The van der Waals surface area contributed by atoms with Gasteiger partial charge in [-0.15, -0.1) is 11.3 Å². The zero-order chi connectivity index (χ0) is 7.40. The van der Waals surface area contributed by atoms with Crippen LogP contribution in [-0.4, -0.2) is 10.7 Å². The molecular formula is C7H11NS2. The Hall–Kier alpha value is -0.0200. The van der Waals surface area contributed by atoms with Crippen molar-refractivity contribution in [3.8, 4) is 0 Å². The molecule has 1 nitrogen and oxygen atoms in total. The SMILES string of the molecule is Cc1ncsc1CCCS. The van der Waals surface area contributed by atoms with E-state index in [-0.39, 0.29) is 0 Å². The highest BCUT2D eigenvalue weighted by molar-refractivity contribution is 7.80. The molecule has 0 aliphatic carbocycles. The maximum Gasteiger partial charge on any atom is 0.0797 e. The van der Waals surface area contributed by atoms with Crippen LogP contribution in [0.1, 0.15) is 17.0 Å². The molecule has 3 heteroatoms. The highest BCUT2D eigenvalue weighted by Crippen LogP contribution is 2.13. The molecule has 0 fully saturated rings. The van der Waals surface area contributed by atoms with Crippen LogP contribution in [0.4, 0.5) is 0 Å². The molecule has 1 heterocycles. The van der Waals surface area contributed by atoms with Gasteiger partial charge in [0, 0.05) is 4.88 Å². The highest BCUT2D eigenvalue weighted by atomic mass is 32.1. The summed E-state index contributed by atoms with van der Waals surface area (Å²) in [4.78, 5) is 5.57. The van der Waals surface area contributed by atoms with Crippen LogP contribution >= 0.6 is 24.0 Å². The number of rotatable bonds is 3. The Labute approximate surface area is 70.9 Å². The number of thiazole rings is 1. The van der Waals surface area contributed by atoms with Gasteiger partial charge in [0.1, 0.15) is 0 Å². The minimum absolute atomic E-state index is 0.970. The van der Waals surface area contributed by atoms with Gasteiger partial charge in [-0.1, -0.05) is 0 Å². The molecule has 0 aliphatic heterocycles. The third-order valence-corrected chi connectivity index (χ3v) is 2.72. The van der Waals surface area contributed by atoms with Crippen LogP contribution in [0.2, 0.25) is 0 Å². The van der Waals surface area contributed by atoms with Gasteiger partial charge in [-0.3, -0.25) is 0 Å². The molecule has 0 saturated heterocycles.